The Hall–Kier alpha value is -1.29. The Balaban J connectivity index is 2.03. The molecule has 1 aliphatic heterocycles. The molecule has 0 aromatic rings. The van der Waals surface area contributed by atoms with Crippen molar-refractivity contribution in [3.63, 3.8) is 0 Å². The molecule has 114 valence electrons. The molecule has 0 amide bonds. The highest BCUT2D eigenvalue weighted by Gasteiger charge is 2.56. The van der Waals surface area contributed by atoms with Crippen molar-refractivity contribution in [2.75, 3.05) is 6.61 Å². The number of alkyl halides is 2. The standard InChI is InChI=1S/C10H12F2O7S/c11-10(12,20(15,16)17)8(14)18-5-9-3-1-2-6(4-9)7(13)19-9/h6H,1-5H2,(H,15,16,17). The predicted molar refractivity (Wildman–Crippen MR) is 58.2 cm³/mol. The van der Waals surface area contributed by atoms with Crippen LogP contribution in [0.4, 0.5) is 8.78 Å². The van der Waals surface area contributed by atoms with Crippen LogP contribution in [0.2, 0.25) is 0 Å². The van der Waals surface area contributed by atoms with Crippen molar-refractivity contribution in [3.05, 3.63) is 0 Å². The van der Waals surface area contributed by atoms with E-state index in [-0.39, 0.29) is 12.3 Å². The number of carbonyl (C=O) groups excluding carboxylic acids is 2. The quantitative estimate of drug-likeness (QED) is 0.594. The van der Waals surface area contributed by atoms with Gasteiger partial charge in [0.2, 0.25) is 0 Å². The van der Waals surface area contributed by atoms with Gasteiger partial charge in [-0.2, -0.15) is 17.2 Å². The Labute approximate surface area is 113 Å². The molecule has 1 heterocycles. The van der Waals surface area contributed by atoms with E-state index in [1.165, 1.54) is 0 Å². The van der Waals surface area contributed by atoms with Crippen molar-refractivity contribution in [1.82, 2.24) is 0 Å². The van der Waals surface area contributed by atoms with Crippen LogP contribution >= 0.6 is 0 Å². The minimum absolute atomic E-state index is 0.247. The molecular weight excluding hydrogens is 302 g/mol. The normalized spacial score (nSPS) is 29.9. The van der Waals surface area contributed by atoms with Crippen molar-refractivity contribution < 1.29 is 40.8 Å². The summed E-state index contributed by atoms with van der Waals surface area (Å²) in [6.45, 7) is -0.654. The number of fused-ring (bicyclic) bond motifs is 2. The molecule has 0 radical (unpaired) electrons. The first-order chi connectivity index (χ1) is 9.07. The van der Waals surface area contributed by atoms with E-state index in [0.29, 0.717) is 19.3 Å². The van der Waals surface area contributed by atoms with Gasteiger partial charge in [-0.25, -0.2) is 4.79 Å². The summed E-state index contributed by atoms with van der Waals surface area (Å²) >= 11 is 0. The fourth-order valence-corrected chi connectivity index (χ4v) is 2.73. The number of ether oxygens (including phenoxy) is 2. The molecule has 1 saturated carbocycles. The van der Waals surface area contributed by atoms with Gasteiger partial charge in [0, 0.05) is 6.42 Å². The van der Waals surface area contributed by atoms with E-state index >= 15 is 0 Å². The van der Waals surface area contributed by atoms with Crippen LogP contribution in [0.25, 0.3) is 0 Å². The van der Waals surface area contributed by atoms with Crippen molar-refractivity contribution in [1.29, 1.82) is 0 Å². The third kappa shape index (κ3) is 2.49. The Kier molecular flexibility index (Phi) is 3.49. The highest BCUT2D eigenvalue weighted by atomic mass is 32.2. The molecule has 0 aromatic carbocycles. The van der Waals surface area contributed by atoms with E-state index in [0.717, 1.165) is 0 Å². The zero-order valence-electron chi connectivity index (χ0n) is 10.2. The van der Waals surface area contributed by atoms with Crippen LogP contribution in [0.15, 0.2) is 0 Å². The zero-order valence-corrected chi connectivity index (χ0v) is 11.0. The number of hydrogen-bond donors (Lipinski definition) is 1. The van der Waals surface area contributed by atoms with E-state index < -0.39 is 39.5 Å². The molecule has 0 aromatic heterocycles. The van der Waals surface area contributed by atoms with E-state index in [4.69, 9.17) is 9.29 Å². The maximum Gasteiger partial charge on any atom is 0.465 e. The lowest BCUT2D eigenvalue weighted by Crippen LogP contribution is -2.43. The predicted octanol–water partition coefficient (Wildman–Crippen LogP) is 0.496. The van der Waals surface area contributed by atoms with Crippen LogP contribution in [0, 0.1) is 5.92 Å². The molecule has 2 rings (SSSR count). The van der Waals surface area contributed by atoms with Crippen LogP contribution in [0.5, 0.6) is 0 Å². The Bertz CT molecular complexity index is 544. The minimum Gasteiger partial charge on any atom is -0.456 e. The molecule has 10 heteroatoms. The first-order valence-electron chi connectivity index (χ1n) is 5.82. The molecule has 2 aliphatic rings. The van der Waals surface area contributed by atoms with Gasteiger partial charge in [-0.15, -0.1) is 0 Å². The number of hydrogen-bond acceptors (Lipinski definition) is 6. The van der Waals surface area contributed by atoms with Gasteiger partial charge < -0.3 is 9.47 Å². The highest BCUT2D eigenvalue weighted by molar-refractivity contribution is 7.87. The van der Waals surface area contributed by atoms with Crippen LogP contribution in [0.3, 0.4) is 0 Å². The molecule has 2 bridgehead atoms. The average Bonchev–Trinajstić information content (AvgIpc) is 2.55. The van der Waals surface area contributed by atoms with Crippen molar-refractivity contribution in [2.24, 2.45) is 5.92 Å². The average molecular weight is 314 g/mol. The highest BCUT2D eigenvalue weighted by Crippen LogP contribution is 2.43. The molecule has 1 N–H and O–H groups in total. The second-order valence-corrected chi connectivity index (χ2v) is 6.43. The second kappa shape index (κ2) is 4.62. The van der Waals surface area contributed by atoms with Gasteiger partial charge in [0.15, 0.2) is 0 Å². The van der Waals surface area contributed by atoms with Crippen molar-refractivity contribution in [3.8, 4) is 0 Å². The van der Waals surface area contributed by atoms with Gasteiger partial charge in [-0.05, 0) is 19.3 Å². The number of carbonyl (C=O) groups is 2. The summed E-state index contributed by atoms with van der Waals surface area (Å²) < 4.78 is 64.2. The lowest BCUT2D eigenvalue weighted by Gasteiger charge is -2.29. The van der Waals surface area contributed by atoms with E-state index in [2.05, 4.69) is 4.74 Å². The maximum absolute atomic E-state index is 13.0. The van der Waals surface area contributed by atoms with E-state index in [1.807, 2.05) is 0 Å². The zero-order chi connectivity index (χ0) is 15.2. The van der Waals surface area contributed by atoms with Gasteiger partial charge in [0.05, 0.1) is 5.92 Å². The molecule has 1 saturated heterocycles. The van der Waals surface area contributed by atoms with E-state index in [1.54, 1.807) is 0 Å². The fraction of sp³-hybridized carbons (Fsp3) is 0.800. The number of esters is 2. The van der Waals surface area contributed by atoms with Crippen LogP contribution in [0.1, 0.15) is 25.7 Å². The molecule has 2 atom stereocenters. The van der Waals surface area contributed by atoms with Crippen LogP contribution in [-0.4, -0.2) is 42.4 Å². The maximum atomic E-state index is 13.0. The fourth-order valence-electron chi connectivity index (χ4n) is 2.46. The molecule has 7 nitrogen and oxygen atoms in total. The molecule has 1 aliphatic carbocycles. The first-order valence-corrected chi connectivity index (χ1v) is 7.26. The molecule has 2 unspecified atom stereocenters. The lowest BCUT2D eigenvalue weighted by atomic mass is 9.81. The summed E-state index contributed by atoms with van der Waals surface area (Å²) in [6.07, 6.45) is 1.83. The first kappa shape index (κ1) is 15.1. The Morgan fingerprint density at radius 1 is 1.55 bits per heavy atom. The van der Waals surface area contributed by atoms with Crippen molar-refractivity contribution >= 4 is 22.1 Å². The summed E-state index contributed by atoms with van der Waals surface area (Å²) in [7, 11) is -5.90. The Morgan fingerprint density at radius 2 is 2.20 bits per heavy atom. The number of rotatable bonds is 4. The van der Waals surface area contributed by atoms with Gasteiger partial charge in [0.1, 0.15) is 12.2 Å². The van der Waals surface area contributed by atoms with Gasteiger partial charge in [-0.3, -0.25) is 9.35 Å². The smallest absolute Gasteiger partial charge is 0.456 e. The van der Waals surface area contributed by atoms with Gasteiger partial charge in [0.25, 0.3) is 0 Å². The van der Waals surface area contributed by atoms with Crippen molar-refractivity contribution in [2.45, 2.75) is 36.5 Å². The second-order valence-electron chi connectivity index (χ2n) is 4.97. The van der Waals surface area contributed by atoms with Gasteiger partial charge >= 0.3 is 27.3 Å². The largest absolute Gasteiger partial charge is 0.465 e. The topological polar surface area (TPSA) is 107 Å². The van der Waals surface area contributed by atoms with Crippen LogP contribution in [-0.2, 0) is 29.2 Å². The molecular formula is C10H12F2O7S. The van der Waals surface area contributed by atoms with Crippen LogP contribution < -0.4 is 0 Å². The minimum atomic E-state index is -5.90. The lowest BCUT2D eigenvalue weighted by molar-refractivity contribution is -0.174. The van der Waals surface area contributed by atoms with E-state index in [9.17, 15) is 26.8 Å². The Morgan fingerprint density at radius 3 is 2.80 bits per heavy atom. The monoisotopic (exact) mass is 314 g/mol. The summed E-state index contributed by atoms with van der Waals surface area (Å²) in [6, 6.07) is 0. The summed E-state index contributed by atoms with van der Waals surface area (Å²) in [5.74, 6) is -3.20. The summed E-state index contributed by atoms with van der Waals surface area (Å²) in [4.78, 5) is 22.5. The summed E-state index contributed by atoms with van der Waals surface area (Å²) in [5.41, 5.74) is -1.16. The van der Waals surface area contributed by atoms with Gasteiger partial charge in [-0.1, -0.05) is 0 Å². The SMILES string of the molecule is O=C1OC2(COC(=O)C(F)(F)S(=O)(=O)O)CCCC1C2. The molecule has 0 spiro atoms. The molecule has 20 heavy (non-hydrogen) atoms. The summed E-state index contributed by atoms with van der Waals surface area (Å²) in [5, 5.41) is -5.04. The third-order valence-corrected chi connectivity index (χ3v) is 4.30. The third-order valence-electron chi connectivity index (χ3n) is 3.48. The molecule has 2 fully saturated rings. The number of halogens is 2.